The molecule has 4 rings (SSSR count). The van der Waals surface area contributed by atoms with Crippen LogP contribution in [0.5, 0.6) is 0 Å². The Morgan fingerprint density at radius 3 is 1.68 bits per heavy atom. The average molecular weight is 345 g/mol. The molecule has 1 heterocycles. The van der Waals surface area contributed by atoms with Crippen LogP contribution in [0, 0.1) is 0 Å². The van der Waals surface area contributed by atoms with Gasteiger partial charge in [-0.05, 0) is 30.2 Å². The van der Waals surface area contributed by atoms with Crippen LogP contribution in [0.3, 0.4) is 0 Å². The Kier molecular flexibility index (Phi) is 4.25. The Bertz CT molecular complexity index is 802. The molecule has 122 valence electrons. The minimum Gasteiger partial charge on any atom is -0.214 e. The lowest BCUT2D eigenvalue weighted by molar-refractivity contribution is 0.0858. The number of hydrogen-bond acceptors (Lipinski definition) is 2. The van der Waals surface area contributed by atoms with Gasteiger partial charge in [-0.3, -0.25) is 0 Å². The van der Waals surface area contributed by atoms with E-state index < -0.39 is 13.2 Å². The van der Waals surface area contributed by atoms with Gasteiger partial charge in [0.05, 0.1) is 0 Å². The molecule has 3 aromatic carbocycles. The summed E-state index contributed by atoms with van der Waals surface area (Å²) in [5.74, 6) is 0. The van der Waals surface area contributed by atoms with Crippen LogP contribution in [0.15, 0.2) is 91.0 Å². The zero-order chi connectivity index (χ0) is 17.3. The molecule has 4 heteroatoms. The Morgan fingerprint density at radius 2 is 1.20 bits per heavy atom. The Balaban J connectivity index is 1.88. The first-order valence-corrected chi connectivity index (χ1v) is 10.1. The molecule has 0 N–H and O–H groups in total. The lowest BCUT2D eigenvalue weighted by Crippen LogP contribution is -2.36. The molecule has 1 saturated heterocycles. The van der Waals surface area contributed by atoms with Gasteiger partial charge in [-0.25, -0.2) is 9.05 Å². The summed E-state index contributed by atoms with van der Waals surface area (Å²) in [6.07, 6.45) is -0.212. The zero-order valence-electron chi connectivity index (χ0n) is 14.1. The van der Waals surface area contributed by atoms with E-state index in [2.05, 4.69) is 24.3 Å². The summed E-state index contributed by atoms with van der Waals surface area (Å²) in [6, 6.07) is 30.3. The van der Waals surface area contributed by atoms with Gasteiger partial charge in [0.15, 0.2) is 5.60 Å². The third-order valence-corrected chi connectivity index (χ3v) is 6.89. The van der Waals surface area contributed by atoms with Crippen molar-refractivity contribution >= 4 is 20.5 Å². The van der Waals surface area contributed by atoms with Crippen LogP contribution in [0.2, 0.25) is 0 Å². The highest BCUT2D eigenvalue weighted by molar-refractivity contribution is 7.95. The third-order valence-electron chi connectivity index (χ3n) is 4.69. The largest absolute Gasteiger partial charge is 0.451 e. The van der Waals surface area contributed by atoms with Gasteiger partial charge in [0.25, 0.3) is 0 Å². The van der Waals surface area contributed by atoms with Crippen LogP contribution in [0.25, 0.3) is 0 Å². The second-order valence-corrected chi connectivity index (χ2v) is 8.34. The van der Waals surface area contributed by atoms with Crippen molar-refractivity contribution in [3.63, 3.8) is 0 Å². The molecule has 1 fully saturated rings. The fourth-order valence-electron chi connectivity index (χ4n) is 3.48. The molecule has 2 nitrogen and oxygen atoms in total. The van der Waals surface area contributed by atoms with E-state index in [0.29, 0.717) is 0 Å². The standard InChI is InChI=1S/C21H19BO2P/c1-17-21(18-11-5-2-6-12-18,19-13-7-3-8-14-19)24-25(22,23-17)20-15-9-4-10-16-20/h2-17H,1H3/q+1. The van der Waals surface area contributed by atoms with Crippen LogP contribution < -0.4 is 5.30 Å². The van der Waals surface area contributed by atoms with Crippen LogP contribution in [0.1, 0.15) is 18.1 Å². The predicted octanol–water partition coefficient (Wildman–Crippen LogP) is 4.62. The van der Waals surface area contributed by atoms with Crippen molar-refractivity contribution < 1.29 is 9.05 Å². The fourth-order valence-corrected chi connectivity index (χ4v) is 5.74. The molecule has 0 bridgehead atoms. The monoisotopic (exact) mass is 345 g/mol. The van der Waals surface area contributed by atoms with Gasteiger partial charge in [-0.15, -0.1) is 0 Å². The predicted molar refractivity (Wildman–Crippen MR) is 104 cm³/mol. The van der Waals surface area contributed by atoms with Gasteiger partial charge in [0, 0.05) is 0 Å². The lowest BCUT2D eigenvalue weighted by Gasteiger charge is -2.29. The highest BCUT2D eigenvalue weighted by Gasteiger charge is 2.62. The molecule has 2 unspecified atom stereocenters. The molecule has 0 saturated carbocycles. The van der Waals surface area contributed by atoms with Crippen molar-refractivity contribution in [3.05, 3.63) is 102 Å². The SMILES string of the molecule is [B][P+]1(c2ccccc2)OC(C)C(c2ccccc2)(c2ccccc2)O1. The van der Waals surface area contributed by atoms with Crippen LogP contribution in [-0.2, 0) is 14.6 Å². The quantitative estimate of drug-likeness (QED) is 0.509. The van der Waals surface area contributed by atoms with Crippen LogP contribution in [0.4, 0.5) is 0 Å². The van der Waals surface area contributed by atoms with E-state index in [1.165, 1.54) is 0 Å². The van der Waals surface area contributed by atoms with Crippen molar-refractivity contribution in [2.75, 3.05) is 0 Å². The van der Waals surface area contributed by atoms with Crippen molar-refractivity contribution in [1.29, 1.82) is 0 Å². The number of rotatable bonds is 3. The number of hydrogen-bond donors (Lipinski definition) is 0. The zero-order valence-corrected chi connectivity index (χ0v) is 15.0. The molecule has 25 heavy (non-hydrogen) atoms. The fraction of sp³-hybridized carbons (Fsp3) is 0.143. The van der Waals surface area contributed by atoms with Crippen molar-refractivity contribution in [3.8, 4) is 0 Å². The summed E-state index contributed by atoms with van der Waals surface area (Å²) in [5, 5.41) is 0.913. The van der Waals surface area contributed by atoms with E-state index in [1.54, 1.807) is 0 Å². The van der Waals surface area contributed by atoms with Crippen molar-refractivity contribution in [2.45, 2.75) is 18.6 Å². The summed E-state index contributed by atoms with van der Waals surface area (Å²) in [5.41, 5.74) is 1.38. The summed E-state index contributed by atoms with van der Waals surface area (Å²) in [7, 11) is 4.01. The maximum Gasteiger partial charge on any atom is 0.451 e. The van der Waals surface area contributed by atoms with Gasteiger partial charge in [-0.2, -0.15) is 0 Å². The Morgan fingerprint density at radius 1 is 0.760 bits per heavy atom. The molecule has 0 aliphatic carbocycles. The van der Waals surface area contributed by atoms with E-state index in [9.17, 15) is 0 Å². The van der Waals surface area contributed by atoms with Crippen LogP contribution in [-0.4, -0.2) is 13.7 Å². The van der Waals surface area contributed by atoms with E-state index in [4.69, 9.17) is 16.6 Å². The Hall–Kier alpha value is -1.93. The minimum atomic E-state index is -2.68. The van der Waals surface area contributed by atoms with Crippen molar-refractivity contribution in [1.82, 2.24) is 0 Å². The molecule has 2 radical (unpaired) electrons. The second kappa shape index (κ2) is 6.42. The van der Waals surface area contributed by atoms with Gasteiger partial charge < -0.3 is 0 Å². The molecule has 1 aliphatic heterocycles. The topological polar surface area (TPSA) is 18.5 Å². The molecule has 1 aliphatic rings. The smallest absolute Gasteiger partial charge is 0.214 e. The molecular formula is C21H19BO2P+. The van der Waals surface area contributed by atoms with Crippen LogP contribution >= 0.6 is 7.59 Å². The summed E-state index contributed by atoms with van der Waals surface area (Å²) in [4.78, 5) is 0. The van der Waals surface area contributed by atoms with E-state index in [1.807, 2.05) is 73.7 Å². The Labute approximate surface area is 150 Å². The molecule has 0 amide bonds. The van der Waals surface area contributed by atoms with E-state index >= 15 is 0 Å². The average Bonchev–Trinajstić information content (AvgIpc) is 2.97. The van der Waals surface area contributed by atoms with Gasteiger partial charge >= 0.3 is 7.57 Å². The second-order valence-electron chi connectivity index (χ2n) is 6.24. The first kappa shape index (κ1) is 16.5. The first-order valence-electron chi connectivity index (χ1n) is 8.38. The summed E-state index contributed by atoms with van der Waals surface area (Å²) < 4.78 is 13.0. The molecule has 0 aromatic heterocycles. The van der Waals surface area contributed by atoms with E-state index in [-0.39, 0.29) is 6.10 Å². The third kappa shape index (κ3) is 2.73. The highest BCUT2D eigenvalue weighted by atomic mass is 31.2. The first-order chi connectivity index (χ1) is 12.2. The normalized spacial score (nSPS) is 24.9. The molecule has 3 aromatic rings. The summed E-state index contributed by atoms with van der Waals surface area (Å²) >= 11 is 0. The number of benzene rings is 3. The minimum absolute atomic E-state index is 0.212. The summed E-state index contributed by atoms with van der Waals surface area (Å²) in [6.45, 7) is 2.04. The molecule has 0 spiro atoms. The van der Waals surface area contributed by atoms with E-state index in [0.717, 1.165) is 16.4 Å². The molecular weight excluding hydrogens is 326 g/mol. The lowest BCUT2D eigenvalue weighted by atomic mass is 9.82. The van der Waals surface area contributed by atoms with Crippen molar-refractivity contribution in [2.24, 2.45) is 0 Å². The maximum absolute atomic E-state index is 6.69. The maximum atomic E-state index is 6.69. The van der Waals surface area contributed by atoms with Gasteiger partial charge in [0.2, 0.25) is 7.59 Å². The highest BCUT2D eigenvalue weighted by Crippen LogP contribution is 2.69. The molecule has 2 atom stereocenters. The van der Waals surface area contributed by atoms with Gasteiger partial charge in [0.1, 0.15) is 11.4 Å². The van der Waals surface area contributed by atoms with Gasteiger partial charge in [-0.1, -0.05) is 78.9 Å².